The number of carbonyl (C=O) groups is 2. The van der Waals surface area contributed by atoms with Gasteiger partial charge in [0.05, 0.1) is 11.6 Å². The van der Waals surface area contributed by atoms with Crippen molar-refractivity contribution in [2.24, 2.45) is 11.3 Å². The van der Waals surface area contributed by atoms with E-state index in [1.165, 1.54) is 18.2 Å². The molecule has 31 heavy (non-hydrogen) atoms. The Morgan fingerprint density at radius 3 is 2.32 bits per heavy atom. The van der Waals surface area contributed by atoms with E-state index in [9.17, 15) is 27.2 Å². The highest BCUT2D eigenvalue weighted by atomic mass is 35.5. The molecule has 2 N–H and O–H groups in total. The molecule has 1 aromatic carbocycles. The Kier molecular flexibility index (Phi) is 5.70. The third-order valence-corrected chi connectivity index (χ3v) is 7.05. The molecule has 1 saturated heterocycles. The smallest absolute Gasteiger partial charge is 0.341 e. The maximum atomic E-state index is 13.2. The average Bonchev–Trinajstić information content (AvgIpc) is 3.44. The van der Waals surface area contributed by atoms with Gasteiger partial charge in [-0.2, -0.15) is 13.2 Å². The van der Waals surface area contributed by atoms with Crippen LogP contribution in [0.25, 0.3) is 0 Å². The maximum Gasteiger partial charge on any atom is 0.411 e. The van der Waals surface area contributed by atoms with E-state index in [0.717, 1.165) is 12.8 Å². The third kappa shape index (κ3) is 4.67. The largest absolute Gasteiger partial charge is 0.411 e. The highest BCUT2D eigenvalue weighted by Gasteiger charge is 2.64. The molecule has 4 rings (SSSR count). The van der Waals surface area contributed by atoms with Crippen LogP contribution < -0.4 is 10.6 Å². The molecule has 5 nitrogen and oxygen atoms in total. The standard InChI is InChI=1S/C21H24ClF4N3O2/c22-15-9-14(1-2-16(15)23)27-18(31)13-3-5-19(6-4-13)11-29(12-19)10-17(30)28-20(7-8-20)21(24,25)26/h1-2,9,13H,3-8,10-12H2,(H,27,31)(H,28,30). The van der Waals surface area contributed by atoms with Crippen LogP contribution in [0.4, 0.5) is 23.2 Å². The number of hydrogen-bond donors (Lipinski definition) is 2. The van der Waals surface area contributed by atoms with E-state index >= 15 is 0 Å². The number of carbonyl (C=O) groups excluding carboxylic acids is 2. The summed E-state index contributed by atoms with van der Waals surface area (Å²) >= 11 is 5.74. The van der Waals surface area contributed by atoms with Gasteiger partial charge in [0.25, 0.3) is 0 Å². The number of amides is 2. The molecule has 0 atom stereocenters. The lowest BCUT2D eigenvalue weighted by Crippen LogP contribution is -2.61. The molecule has 1 aliphatic heterocycles. The lowest BCUT2D eigenvalue weighted by molar-refractivity contribution is -0.171. The lowest BCUT2D eigenvalue weighted by atomic mass is 9.65. The third-order valence-electron chi connectivity index (χ3n) is 6.76. The molecule has 2 amide bonds. The van der Waals surface area contributed by atoms with Crippen molar-refractivity contribution in [2.75, 3.05) is 25.0 Å². The summed E-state index contributed by atoms with van der Waals surface area (Å²) in [6, 6.07) is 4.04. The van der Waals surface area contributed by atoms with Crippen LogP contribution in [0, 0.1) is 17.2 Å². The number of benzene rings is 1. The van der Waals surface area contributed by atoms with Crippen LogP contribution in [-0.2, 0) is 9.59 Å². The number of likely N-dealkylation sites (tertiary alicyclic amines) is 1. The van der Waals surface area contributed by atoms with Crippen LogP contribution in [0.3, 0.4) is 0 Å². The normalized spacial score (nSPS) is 22.6. The summed E-state index contributed by atoms with van der Waals surface area (Å²) < 4.78 is 52.1. The van der Waals surface area contributed by atoms with Crippen LogP contribution in [0.2, 0.25) is 5.02 Å². The Hall–Kier alpha value is -1.87. The Labute approximate surface area is 182 Å². The number of nitrogens with one attached hydrogen (secondary N) is 2. The topological polar surface area (TPSA) is 61.4 Å². The Morgan fingerprint density at radius 1 is 1.13 bits per heavy atom. The van der Waals surface area contributed by atoms with E-state index in [4.69, 9.17) is 11.6 Å². The summed E-state index contributed by atoms with van der Waals surface area (Å²) in [5.74, 6) is -1.42. The van der Waals surface area contributed by atoms with Gasteiger partial charge in [0.2, 0.25) is 11.8 Å². The molecular weight excluding hydrogens is 438 g/mol. The second kappa shape index (κ2) is 7.92. The van der Waals surface area contributed by atoms with Crippen molar-refractivity contribution in [1.29, 1.82) is 0 Å². The van der Waals surface area contributed by atoms with Crippen LogP contribution in [0.15, 0.2) is 18.2 Å². The van der Waals surface area contributed by atoms with Crippen LogP contribution in [-0.4, -0.2) is 48.1 Å². The number of rotatable bonds is 5. The second-order valence-corrected chi connectivity index (χ2v) is 9.57. The van der Waals surface area contributed by atoms with Gasteiger partial charge in [-0.3, -0.25) is 14.5 Å². The van der Waals surface area contributed by atoms with Gasteiger partial charge in [-0.05, 0) is 62.1 Å². The molecular formula is C21H24ClF4N3O2. The highest BCUT2D eigenvalue weighted by Crippen LogP contribution is 2.49. The van der Waals surface area contributed by atoms with E-state index in [1.54, 1.807) is 0 Å². The molecule has 3 aliphatic rings. The minimum atomic E-state index is -4.41. The van der Waals surface area contributed by atoms with E-state index in [1.807, 2.05) is 4.90 Å². The summed E-state index contributed by atoms with van der Waals surface area (Å²) in [7, 11) is 0. The fraction of sp³-hybridized carbons (Fsp3) is 0.619. The van der Waals surface area contributed by atoms with Gasteiger partial charge in [-0.25, -0.2) is 4.39 Å². The van der Waals surface area contributed by atoms with Crippen molar-refractivity contribution in [3.05, 3.63) is 29.0 Å². The molecule has 1 aromatic rings. The SMILES string of the molecule is O=C(CN1CC2(CCC(C(=O)Nc3ccc(F)c(Cl)c3)CC2)C1)NC1(C(F)(F)F)CC1. The summed E-state index contributed by atoms with van der Waals surface area (Å²) in [5, 5.41) is 4.88. The molecule has 0 aromatic heterocycles. The number of anilines is 1. The van der Waals surface area contributed by atoms with Crippen molar-refractivity contribution in [3.8, 4) is 0 Å². The highest BCUT2D eigenvalue weighted by molar-refractivity contribution is 6.31. The van der Waals surface area contributed by atoms with Crippen molar-refractivity contribution < 1.29 is 27.2 Å². The van der Waals surface area contributed by atoms with Gasteiger partial charge < -0.3 is 10.6 Å². The zero-order chi connectivity index (χ0) is 22.4. The minimum absolute atomic E-state index is 0.0253. The monoisotopic (exact) mass is 461 g/mol. The molecule has 10 heteroatoms. The predicted octanol–water partition coefficient (Wildman–Crippen LogP) is 4.12. The van der Waals surface area contributed by atoms with Gasteiger partial charge in [0, 0.05) is 24.7 Å². The summed E-state index contributed by atoms with van der Waals surface area (Å²) in [4.78, 5) is 26.4. The summed E-state index contributed by atoms with van der Waals surface area (Å²) in [6.07, 6.45) is -1.49. The molecule has 0 bridgehead atoms. The van der Waals surface area contributed by atoms with Crippen LogP contribution >= 0.6 is 11.6 Å². The number of alkyl halides is 3. The fourth-order valence-corrected chi connectivity index (χ4v) is 4.94. The molecule has 1 spiro atoms. The van der Waals surface area contributed by atoms with Gasteiger partial charge in [0.15, 0.2) is 0 Å². The molecule has 170 valence electrons. The Bertz CT molecular complexity index is 872. The molecule has 1 heterocycles. The zero-order valence-electron chi connectivity index (χ0n) is 16.8. The van der Waals surface area contributed by atoms with Crippen molar-refractivity contribution in [1.82, 2.24) is 10.2 Å². The summed E-state index contributed by atoms with van der Waals surface area (Å²) in [5.41, 5.74) is -1.55. The number of hydrogen-bond acceptors (Lipinski definition) is 3. The van der Waals surface area contributed by atoms with Crippen molar-refractivity contribution in [3.63, 3.8) is 0 Å². The van der Waals surface area contributed by atoms with Gasteiger partial charge in [-0.15, -0.1) is 0 Å². The molecule has 0 unspecified atom stereocenters. The fourth-order valence-electron chi connectivity index (χ4n) is 4.75. The maximum absolute atomic E-state index is 13.2. The van der Waals surface area contributed by atoms with E-state index in [2.05, 4.69) is 10.6 Å². The first kappa shape index (κ1) is 22.3. The molecule has 0 radical (unpaired) electrons. The first-order valence-electron chi connectivity index (χ1n) is 10.4. The lowest BCUT2D eigenvalue weighted by Gasteiger charge is -2.53. The first-order valence-corrected chi connectivity index (χ1v) is 10.7. The van der Waals surface area contributed by atoms with Crippen molar-refractivity contribution in [2.45, 2.75) is 50.2 Å². The molecule has 3 fully saturated rings. The minimum Gasteiger partial charge on any atom is -0.341 e. The van der Waals surface area contributed by atoms with Gasteiger partial charge in [0.1, 0.15) is 11.4 Å². The second-order valence-electron chi connectivity index (χ2n) is 9.17. The average molecular weight is 462 g/mol. The van der Waals surface area contributed by atoms with Crippen LogP contribution in [0.5, 0.6) is 0 Å². The van der Waals surface area contributed by atoms with E-state index < -0.39 is 23.4 Å². The molecule has 2 aliphatic carbocycles. The number of halogens is 5. The van der Waals surface area contributed by atoms with Gasteiger partial charge in [-0.1, -0.05) is 11.6 Å². The molecule has 2 saturated carbocycles. The van der Waals surface area contributed by atoms with Crippen LogP contribution in [0.1, 0.15) is 38.5 Å². The Morgan fingerprint density at radius 2 is 1.77 bits per heavy atom. The van der Waals surface area contributed by atoms with E-state index in [0.29, 0.717) is 31.6 Å². The zero-order valence-corrected chi connectivity index (χ0v) is 17.6. The Balaban J connectivity index is 1.20. The predicted molar refractivity (Wildman–Crippen MR) is 107 cm³/mol. The van der Waals surface area contributed by atoms with Gasteiger partial charge >= 0.3 is 6.18 Å². The number of nitrogens with zero attached hydrogens (tertiary/aromatic N) is 1. The first-order chi connectivity index (χ1) is 14.5. The quantitative estimate of drug-likeness (QED) is 0.648. The van der Waals surface area contributed by atoms with E-state index in [-0.39, 0.29) is 41.6 Å². The summed E-state index contributed by atoms with van der Waals surface area (Å²) in [6.45, 7) is 1.28. The van der Waals surface area contributed by atoms with Crippen molar-refractivity contribution >= 4 is 29.1 Å².